The molecule has 0 fully saturated rings. The zero-order valence-electron chi connectivity index (χ0n) is 14.7. The van der Waals surface area contributed by atoms with Crippen molar-refractivity contribution in [1.29, 1.82) is 0 Å². The van der Waals surface area contributed by atoms with Gasteiger partial charge < -0.3 is 15.1 Å². The molecule has 28 heavy (non-hydrogen) atoms. The number of hydrogen-bond acceptors (Lipinski definition) is 5. The number of hydrogen-bond donors (Lipinski definition) is 2. The Balaban J connectivity index is 1.78. The Hall–Kier alpha value is -3.94. The molecule has 3 aromatic rings. The van der Waals surface area contributed by atoms with Gasteiger partial charge in [0.1, 0.15) is 6.04 Å². The van der Waals surface area contributed by atoms with Crippen molar-refractivity contribution >= 4 is 23.2 Å². The van der Waals surface area contributed by atoms with Crippen molar-refractivity contribution in [1.82, 2.24) is 5.32 Å². The van der Waals surface area contributed by atoms with E-state index in [1.54, 1.807) is 12.1 Å². The number of benzene rings is 2. The first-order valence-corrected chi connectivity index (χ1v) is 8.46. The minimum atomic E-state index is -0.903. The van der Waals surface area contributed by atoms with Crippen molar-refractivity contribution in [3.8, 4) is 0 Å². The molecule has 0 saturated heterocycles. The van der Waals surface area contributed by atoms with E-state index in [0.29, 0.717) is 0 Å². The molecule has 3 rings (SSSR count). The summed E-state index contributed by atoms with van der Waals surface area (Å²) in [4.78, 5) is 35.5. The number of furan rings is 1. The first-order chi connectivity index (χ1) is 13.5. The number of nitro groups is 1. The highest BCUT2D eigenvalue weighted by Crippen LogP contribution is 2.17. The van der Waals surface area contributed by atoms with Gasteiger partial charge in [-0.05, 0) is 23.8 Å². The standard InChI is InChI=1S/C20H17N3O5/c24-19(21-15-8-4-9-16(13-15)23(26)27)17(12-14-6-2-1-3-7-14)22-20(25)18-10-5-11-28-18/h1-11,13,17H,12H2,(H,21,24)(H,22,25). The molecular formula is C20H17N3O5. The van der Waals surface area contributed by atoms with E-state index in [2.05, 4.69) is 10.6 Å². The largest absolute Gasteiger partial charge is 0.459 e. The molecule has 1 unspecified atom stereocenters. The van der Waals surface area contributed by atoms with E-state index in [1.165, 1.54) is 30.5 Å². The highest BCUT2D eigenvalue weighted by Gasteiger charge is 2.23. The van der Waals surface area contributed by atoms with E-state index in [1.807, 2.05) is 30.3 Å². The minimum absolute atomic E-state index is 0.0845. The van der Waals surface area contributed by atoms with Gasteiger partial charge in [-0.25, -0.2) is 0 Å². The highest BCUT2D eigenvalue weighted by molar-refractivity contribution is 6.00. The fourth-order valence-electron chi connectivity index (χ4n) is 2.62. The third-order valence-electron chi connectivity index (χ3n) is 3.97. The summed E-state index contributed by atoms with van der Waals surface area (Å²) < 4.78 is 5.07. The van der Waals surface area contributed by atoms with Gasteiger partial charge in [-0.2, -0.15) is 0 Å². The molecular weight excluding hydrogens is 362 g/mol. The Morgan fingerprint density at radius 3 is 2.50 bits per heavy atom. The molecule has 0 aliphatic rings. The van der Waals surface area contributed by atoms with Gasteiger partial charge in [0.25, 0.3) is 11.6 Å². The summed E-state index contributed by atoms with van der Waals surface area (Å²) in [5, 5.41) is 16.2. The Kier molecular flexibility index (Phi) is 5.81. The van der Waals surface area contributed by atoms with E-state index >= 15 is 0 Å². The third-order valence-corrected chi connectivity index (χ3v) is 3.97. The lowest BCUT2D eigenvalue weighted by Gasteiger charge is -2.18. The molecule has 0 aliphatic carbocycles. The Morgan fingerprint density at radius 2 is 1.82 bits per heavy atom. The van der Waals surface area contributed by atoms with Crippen LogP contribution in [0.5, 0.6) is 0 Å². The van der Waals surface area contributed by atoms with Gasteiger partial charge in [0.05, 0.1) is 11.2 Å². The molecule has 1 aromatic heterocycles. The summed E-state index contributed by atoms with van der Waals surface area (Å²) >= 11 is 0. The summed E-state index contributed by atoms with van der Waals surface area (Å²) in [5.41, 5.74) is 0.975. The fourth-order valence-corrected chi connectivity index (χ4v) is 2.62. The van der Waals surface area contributed by atoms with Gasteiger partial charge in [-0.1, -0.05) is 36.4 Å². The number of amides is 2. The van der Waals surface area contributed by atoms with Gasteiger partial charge in [0, 0.05) is 24.2 Å². The van der Waals surface area contributed by atoms with Crippen molar-refractivity contribution in [3.63, 3.8) is 0 Å². The van der Waals surface area contributed by atoms with Gasteiger partial charge in [0.15, 0.2) is 5.76 Å². The number of carbonyl (C=O) groups is 2. The summed E-state index contributed by atoms with van der Waals surface area (Å²) in [6.45, 7) is 0. The predicted molar refractivity (Wildman–Crippen MR) is 102 cm³/mol. The molecule has 1 heterocycles. The number of rotatable bonds is 7. The zero-order valence-corrected chi connectivity index (χ0v) is 14.7. The summed E-state index contributed by atoms with van der Waals surface area (Å²) in [7, 11) is 0. The smallest absolute Gasteiger partial charge is 0.287 e. The molecule has 2 N–H and O–H groups in total. The zero-order chi connectivity index (χ0) is 19.9. The van der Waals surface area contributed by atoms with Crippen LogP contribution in [0.4, 0.5) is 11.4 Å². The van der Waals surface area contributed by atoms with Crippen LogP contribution in [0.3, 0.4) is 0 Å². The molecule has 8 nitrogen and oxygen atoms in total. The Labute approximate surface area is 160 Å². The highest BCUT2D eigenvalue weighted by atomic mass is 16.6. The molecule has 2 aromatic carbocycles. The second-order valence-electron chi connectivity index (χ2n) is 5.99. The number of nitrogens with zero attached hydrogens (tertiary/aromatic N) is 1. The second kappa shape index (κ2) is 8.63. The first kappa shape index (κ1) is 18.8. The predicted octanol–water partition coefficient (Wildman–Crippen LogP) is 3.17. The van der Waals surface area contributed by atoms with Crippen LogP contribution in [0.1, 0.15) is 16.1 Å². The SMILES string of the molecule is O=C(NC(Cc1ccccc1)C(=O)Nc1cccc([N+](=O)[O-])c1)c1ccco1. The minimum Gasteiger partial charge on any atom is -0.459 e. The number of anilines is 1. The van der Waals surface area contributed by atoms with E-state index in [0.717, 1.165) is 5.56 Å². The number of nitro benzene ring substituents is 1. The second-order valence-corrected chi connectivity index (χ2v) is 5.99. The molecule has 1 atom stereocenters. The van der Waals surface area contributed by atoms with E-state index in [9.17, 15) is 19.7 Å². The quantitative estimate of drug-likeness (QED) is 0.483. The Bertz CT molecular complexity index is 971. The lowest BCUT2D eigenvalue weighted by atomic mass is 10.0. The topological polar surface area (TPSA) is 114 Å². The molecule has 0 saturated carbocycles. The first-order valence-electron chi connectivity index (χ1n) is 8.46. The van der Waals surface area contributed by atoms with Crippen molar-refractivity contribution < 1.29 is 18.9 Å². The normalized spacial score (nSPS) is 11.4. The van der Waals surface area contributed by atoms with E-state index in [4.69, 9.17) is 4.42 Å². The van der Waals surface area contributed by atoms with Crippen LogP contribution < -0.4 is 10.6 Å². The van der Waals surface area contributed by atoms with Crippen LogP contribution in [0, 0.1) is 10.1 Å². The van der Waals surface area contributed by atoms with Crippen molar-refractivity contribution in [2.45, 2.75) is 12.5 Å². The molecule has 2 amide bonds. The van der Waals surface area contributed by atoms with Gasteiger partial charge in [0.2, 0.25) is 5.91 Å². The summed E-state index contributed by atoms with van der Waals surface area (Å²) in [5.74, 6) is -0.939. The van der Waals surface area contributed by atoms with Crippen LogP contribution in [0.25, 0.3) is 0 Å². The third kappa shape index (κ3) is 4.82. The molecule has 0 bridgehead atoms. The number of carbonyl (C=O) groups excluding carboxylic acids is 2. The average Bonchev–Trinajstić information content (AvgIpc) is 3.23. The maximum Gasteiger partial charge on any atom is 0.287 e. The van der Waals surface area contributed by atoms with Crippen LogP contribution >= 0.6 is 0 Å². The molecule has 0 aliphatic heterocycles. The van der Waals surface area contributed by atoms with Crippen molar-refractivity contribution in [3.05, 3.63) is 94.4 Å². The van der Waals surface area contributed by atoms with Crippen LogP contribution in [0.15, 0.2) is 77.4 Å². The van der Waals surface area contributed by atoms with E-state index < -0.39 is 22.8 Å². The van der Waals surface area contributed by atoms with Gasteiger partial charge in [-0.15, -0.1) is 0 Å². The molecule has 142 valence electrons. The Morgan fingerprint density at radius 1 is 1.04 bits per heavy atom. The summed E-state index contributed by atoms with van der Waals surface area (Å²) in [6.07, 6.45) is 1.61. The molecule has 0 radical (unpaired) electrons. The van der Waals surface area contributed by atoms with Gasteiger partial charge >= 0.3 is 0 Å². The lowest BCUT2D eigenvalue weighted by molar-refractivity contribution is -0.384. The maximum atomic E-state index is 12.8. The maximum absolute atomic E-state index is 12.8. The molecule has 0 spiro atoms. The summed E-state index contributed by atoms with van der Waals surface area (Å²) in [6, 6.07) is 17.0. The van der Waals surface area contributed by atoms with Gasteiger partial charge in [-0.3, -0.25) is 19.7 Å². The van der Waals surface area contributed by atoms with Crippen molar-refractivity contribution in [2.24, 2.45) is 0 Å². The fraction of sp³-hybridized carbons (Fsp3) is 0.100. The lowest BCUT2D eigenvalue weighted by Crippen LogP contribution is -2.45. The number of non-ortho nitro benzene ring substituents is 1. The van der Waals surface area contributed by atoms with E-state index in [-0.39, 0.29) is 23.6 Å². The number of nitrogens with one attached hydrogen (secondary N) is 2. The van der Waals surface area contributed by atoms with Crippen LogP contribution in [-0.4, -0.2) is 22.8 Å². The average molecular weight is 379 g/mol. The van der Waals surface area contributed by atoms with Crippen LogP contribution in [-0.2, 0) is 11.2 Å². The van der Waals surface area contributed by atoms with Crippen LogP contribution in [0.2, 0.25) is 0 Å². The monoisotopic (exact) mass is 379 g/mol. The van der Waals surface area contributed by atoms with Crippen molar-refractivity contribution in [2.75, 3.05) is 5.32 Å². The molecule has 8 heteroatoms.